The van der Waals surface area contributed by atoms with Gasteiger partial charge in [0.1, 0.15) is 0 Å². The first-order valence-corrected chi connectivity index (χ1v) is 8.98. The molecule has 2 N–H and O–H groups in total. The van der Waals surface area contributed by atoms with Crippen molar-refractivity contribution < 1.29 is 14.7 Å². The van der Waals surface area contributed by atoms with E-state index in [9.17, 15) is 14.4 Å². The summed E-state index contributed by atoms with van der Waals surface area (Å²) in [7, 11) is 0. The SMILES string of the molecule is O=C(NC1CCC(C(=O)O)CC1)c1cccn2c(=O)c3ccccc3nc12. The van der Waals surface area contributed by atoms with E-state index in [4.69, 9.17) is 5.11 Å². The summed E-state index contributed by atoms with van der Waals surface area (Å²) >= 11 is 0. The molecule has 0 spiro atoms. The quantitative estimate of drug-likeness (QED) is 0.693. The summed E-state index contributed by atoms with van der Waals surface area (Å²) in [6.07, 6.45) is 3.97. The predicted octanol–water partition coefficient (Wildman–Crippen LogP) is 2.22. The molecule has 0 bridgehead atoms. The number of benzene rings is 1. The number of pyridine rings is 1. The molecule has 7 nitrogen and oxygen atoms in total. The Kier molecular flexibility index (Phi) is 4.35. The van der Waals surface area contributed by atoms with E-state index < -0.39 is 5.97 Å². The van der Waals surface area contributed by atoms with Crippen LogP contribution in [0.25, 0.3) is 16.6 Å². The number of rotatable bonds is 3. The fourth-order valence-electron chi connectivity index (χ4n) is 3.70. The summed E-state index contributed by atoms with van der Waals surface area (Å²) in [6.45, 7) is 0. The number of nitrogens with zero attached hydrogens (tertiary/aromatic N) is 2. The van der Waals surface area contributed by atoms with Crippen molar-refractivity contribution in [2.24, 2.45) is 5.92 Å². The van der Waals surface area contributed by atoms with Crippen LogP contribution in [0.4, 0.5) is 0 Å². The van der Waals surface area contributed by atoms with Gasteiger partial charge in [-0.3, -0.25) is 18.8 Å². The first-order valence-electron chi connectivity index (χ1n) is 8.98. The number of carboxylic acids is 1. The van der Waals surface area contributed by atoms with Crippen LogP contribution in [-0.2, 0) is 4.79 Å². The van der Waals surface area contributed by atoms with Crippen LogP contribution in [0, 0.1) is 5.92 Å². The lowest BCUT2D eigenvalue weighted by atomic mass is 9.86. The van der Waals surface area contributed by atoms with Crippen LogP contribution >= 0.6 is 0 Å². The largest absolute Gasteiger partial charge is 0.481 e. The van der Waals surface area contributed by atoms with E-state index in [0.29, 0.717) is 47.8 Å². The molecule has 0 radical (unpaired) electrons. The summed E-state index contributed by atoms with van der Waals surface area (Å²) < 4.78 is 1.39. The highest BCUT2D eigenvalue weighted by Gasteiger charge is 2.27. The van der Waals surface area contributed by atoms with Crippen LogP contribution in [0.5, 0.6) is 0 Å². The van der Waals surface area contributed by atoms with Crippen molar-refractivity contribution >= 4 is 28.4 Å². The fraction of sp³-hybridized carbons (Fsp3) is 0.300. The van der Waals surface area contributed by atoms with E-state index >= 15 is 0 Å². The standard InChI is InChI=1S/C20H19N3O4/c24-18(21-13-9-7-12(8-10-13)20(26)27)15-5-3-11-23-17(15)22-16-6-2-1-4-14(16)19(23)25/h1-6,11-13H,7-10H2,(H,21,24)(H,26,27). The zero-order valence-corrected chi connectivity index (χ0v) is 14.6. The molecule has 7 heteroatoms. The molecule has 1 aliphatic rings. The molecule has 3 aromatic rings. The molecule has 1 aromatic carbocycles. The maximum Gasteiger partial charge on any atom is 0.306 e. The second-order valence-electron chi connectivity index (χ2n) is 6.91. The Labute approximate surface area is 154 Å². The van der Waals surface area contributed by atoms with Crippen molar-refractivity contribution in [1.29, 1.82) is 0 Å². The Morgan fingerprint density at radius 1 is 1.07 bits per heavy atom. The van der Waals surface area contributed by atoms with E-state index in [2.05, 4.69) is 10.3 Å². The molecule has 138 valence electrons. The number of carbonyl (C=O) groups is 2. The van der Waals surface area contributed by atoms with Gasteiger partial charge >= 0.3 is 5.97 Å². The van der Waals surface area contributed by atoms with Crippen molar-refractivity contribution in [3.63, 3.8) is 0 Å². The third-order valence-electron chi connectivity index (χ3n) is 5.20. The molecule has 0 saturated heterocycles. The smallest absolute Gasteiger partial charge is 0.306 e. The molecule has 1 amide bonds. The highest BCUT2D eigenvalue weighted by molar-refractivity contribution is 6.00. The average molecular weight is 365 g/mol. The van der Waals surface area contributed by atoms with Gasteiger partial charge in [0.25, 0.3) is 11.5 Å². The molecule has 2 heterocycles. The summed E-state index contributed by atoms with van der Waals surface area (Å²) in [5.41, 5.74) is 0.982. The van der Waals surface area contributed by atoms with E-state index in [1.54, 1.807) is 42.6 Å². The van der Waals surface area contributed by atoms with Gasteiger partial charge < -0.3 is 10.4 Å². The number of nitrogens with one attached hydrogen (secondary N) is 1. The lowest BCUT2D eigenvalue weighted by Gasteiger charge is -2.26. The monoisotopic (exact) mass is 365 g/mol. The number of hydrogen-bond donors (Lipinski definition) is 2. The third kappa shape index (κ3) is 3.16. The maximum atomic E-state index is 12.8. The summed E-state index contributed by atoms with van der Waals surface area (Å²) in [5, 5.41) is 12.6. The Balaban J connectivity index is 1.65. The number of aromatic nitrogens is 2. The van der Waals surface area contributed by atoms with Crippen LogP contribution in [0.15, 0.2) is 47.4 Å². The molecule has 1 fully saturated rings. The number of carbonyl (C=O) groups excluding carboxylic acids is 1. The van der Waals surface area contributed by atoms with Gasteiger partial charge in [0.05, 0.1) is 22.4 Å². The highest BCUT2D eigenvalue weighted by atomic mass is 16.4. The van der Waals surface area contributed by atoms with Gasteiger partial charge in [-0.15, -0.1) is 0 Å². The molecule has 1 aliphatic carbocycles. The fourth-order valence-corrected chi connectivity index (χ4v) is 3.70. The summed E-state index contributed by atoms with van der Waals surface area (Å²) in [5.74, 6) is -1.40. The second-order valence-corrected chi connectivity index (χ2v) is 6.91. The molecule has 27 heavy (non-hydrogen) atoms. The molecule has 4 rings (SSSR count). The number of amides is 1. The zero-order valence-electron chi connectivity index (χ0n) is 14.6. The van der Waals surface area contributed by atoms with Crippen LogP contribution < -0.4 is 10.9 Å². The lowest BCUT2D eigenvalue weighted by molar-refractivity contribution is -0.142. The van der Waals surface area contributed by atoms with Crippen LogP contribution in [0.1, 0.15) is 36.0 Å². The maximum absolute atomic E-state index is 12.8. The van der Waals surface area contributed by atoms with E-state index in [1.165, 1.54) is 4.40 Å². The van der Waals surface area contributed by atoms with E-state index in [1.807, 2.05) is 0 Å². The van der Waals surface area contributed by atoms with Crippen molar-refractivity contribution in [2.45, 2.75) is 31.7 Å². The lowest BCUT2D eigenvalue weighted by Crippen LogP contribution is -2.39. The Bertz CT molecular complexity index is 1100. The first-order chi connectivity index (χ1) is 13.0. The van der Waals surface area contributed by atoms with Crippen LogP contribution in [0.3, 0.4) is 0 Å². The molecule has 0 aliphatic heterocycles. The molecule has 1 saturated carbocycles. The van der Waals surface area contributed by atoms with Gasteiger partial charge in [0, 0.05) is 12.2 Å². The van der Waals surface area contributed by atoms with Crippen molar-refractivity contribution in [3.05, 3.63) is 58.5 Å². The Morgan fingerprint density at radius 3 is 2.56 bits per heavy atom. The number of aliphatic carboxylic acids is 1. The number of carboxylic acid groups (broad SMARTS) is 1. The second kappa shape index (κ2) is 6.83. The molecule has 2 aromatic heterocycles. The van der Waals surface area contributed by atoms with E-state index in [-0.39, 0.29) is 23.4 Å². The number of fused-ring (bicyclic) bond motifs is 2. The van der Waals surface area contributed by atoms with Crippen LogP contribution in [-0.4, -0.2) is 32.4 Å². The van der Waals surface area contributed by atoms with Crippen molar-refractivity contribution in [3.8, 4) is 0 Å². The highest BCUT2D eigenvalue weighted by Crippen LogP contribution is 2.25. The first kappa shape index (κ1) is 17.2. The minimum absolute atomic E-state index is 0.0689. The summed E-state index contributed by atoms with van der Waals surface area (Å²) in [4.78, 5) is 41.1. The molecule has 0 atom stereocenters. The predicted molar refractivity (Wildman–Crippen MR) is 99.8 cm³/mol. The molecular formula is C20H19N3O4. The van der Waals surface area contributed by atoms with Gasteiger partial charge in [-0.1, -0.05) is 12.1 Å². The average Bonchev–Trinajstić information content (AvgIpc) is 2.68. The minimum atomic E-state index is -0.774. The Morgan fingerprint density at radius 2 is 1.81 bits per heavy atom. The van der Waals surface area contributed by atoms with E-state index in [0.717, 1.165) is 0 Å². The minimum Gasteiger partial charge on any atom is -0.481 e. The van der Waals surface area contributed by atoms with Gasteiger partial charge in [0.15, 0.2) is 5.65 Å². The third-order valence-corrected chi connectivity index (χ3v) is 5.20. The number of hydrogen-bond acceptors (Lipinski definition) is 4. The number of para-hydroxylation sites is 1. The summed E-state index contributed by atoms with van der Waals surface area (Å²) in [6, 6.07) is 10.3. The molecular weight excluding hydrogens is 346 g/mol. The molecule has 0 unspecified atom stereocenters. The zero-order chi connectivity index (χ0) is 19.0. The van der Waals surface area contributed by atoms with Crippen LogP contribution in [0.2, 0.25) is 0 Å². The van der Waals surface area contributed by atoms with Gasteiger partial charge in [-0.25, -0.2) is 4.98 Å². The topological polar surface area (TPSA) is 101 Å². The Hall–Kier alpha value is -3.22. The van der Waals surface area contributed by atoms with Gasteiger partial charge in [0.2, 0.25) is 0 Å². The van der Waals surface area contributed by atoms with Crippen molar-refractivity contribution in [2.75, 3.05) is 0 Å². The van der Waals surface area contributed by atoms with Gasteiger partial charge in [-0.2, -0.15) is 0 Å². The van der Waals surface area contributed by atoms with Crippen molar-refractivity contribution in [1.82, 2.24) is 14.7 Å². The normalized spacial score (nSPS) is 19.9. The van der Waals surface area contributed by atoms with Gasteiger partial charge in [-0.05, 0) is 49.9 Å².